The molecule has 0 aliphatic carbocycles. The Balaban J connectivity index is 2.25. The molecular formula is C14H15N3OS2. The van der Waals surface area contributed by atoms with Crippen molar-refractivity contribution in [1.29, 1.82) is 0 Å². The van der Waals surface area contributed by atoms with Crippen molar-refractivity contribution in [2.24, 2.45) is 5.10 Å². The summed E-state index contributed by atoms with van der Waals surface area (Å²) in [5, 5.41) is 14.4. The molecular weight excluding hydrogens is 290 g/mol. The summed E-state index contributed by atoms with van der Waals surface area (Å²) < 4.78 is 2.23. The zero-order valence-corrected chi connectivity index (χ0v) is 12.7. The van der Waals surface area contributed by atoms with Crippen LogP contribution in [0, 0.1) is 3.95 Å². The highest BCUT2D eigenvalue weighted by Gasteiger charge is 2.13. The Morgan fingerprint density at radius 2 is 2.20 bits per heavy atom. The van der Waals surface area contributed by atoms with Crippen LogP contribution in [0.3, 0.4) is 0 Å². The van der Waals surface area contributed by atoms with Crippen LogP contribution in [-0.2, 0) is 6.54 Å². The topological polar surface area (TPSA) is 49.5 Å². The van der Waals surface area contributed by atoms with Crippen LogP contribution in [0.5, 0.6) is 5.88 Å². The second-order valence-electron chi connectivity index (χ2n) is 4.10. The van der Waals surface area contributed by atoms with Crippen molar-refractivity contribution in [3.8, 4) is 5.88 Å². The molecule has 6 heteroatoms. The molecule has 0 unspecified atom stereocenters. The molecule has 2 N–H and O–H groups in total. The molecule has 0 radical (unpaired) electrons. The second kappa shape index (κ2) is 6.49. The van der Waals surface area contributed by atoms with E-state index < -0.39 is 0 Å². The van der Waals surface area contributed by atoms with Gasteiger partial charge in [-0.15, -0.1) is 6.58 Å². The van der Waals surface area contributed by atoms with E-state index in [9.17, 15) is 5.11 Å². The lowest BCUT2D eigenvalue weighted by molar-refractivity contribution is 0.424. The van der Waals surface area contributed by atoms with Crippen molar-refractivity contribution < 1.29 is 5.11 Å². The Kier molecular flexibility index (Phi) is 4.70. The summed E-state index contributed by atoms with van der Waals surface area (Å²) in [4.78, 5) is 0.667. The first-order chi connectivity index (χ1) is 9.63. The van der Waals surface area contributed by atoms with Gasteiger partial charge in [-0.05, 0) is 31.3 Å². The largest absolute Gasteiger partial charge is 0.493 e. The Morgan fingerprint density at radius 1 is 1.50 bits per heavy atom. The summed E-state index contributed by atoms with van der Waals surface area (Å²) in [6.45, 7) is 5.97. The lowest BCUT2D eigenvalue weighted by Crippen LogP contribution is -2.00. The van der Waals surface area contributed by atoms with Gasteiger partial charge in [0.2, 0.25) is 5.88 Å². The van der Waals surface area contributed by atoms with E-state index in [1.54, 1.807) is 10.6 Å². The standard InChI is InChI=1S/C14H15N3OS2/c1-3-9-17-13(18)12(20-14(17)19)10(2)15-16-11-7-5-4-6-8-11/h3-8,16,18H,1,9H2,2H3/b15-10+. The highest BCUT2D eigenvalue weighted by Crippen LogP contribution is 2.26. The third-order valence-electron chi connectivity index (χ3n) is 2.64. The number of nitrogens with zero attached hydrogens (tertiary/aromatic N) is 2. The molecule has 0 atom stereocenters. The van der Waals surface area contributed by atoms with E-state index in [1.807, 2.05) is 37.3 Å². The van der Waals surface area contributed by atoms with Gasteiger partial charge in [-0.2, -0.15) is 5.10 Å². The van der Waals surface area contributed by atoms with Crippen LogP contribution in [0.1, 0.15) is 11.8 Å². The minimum atomic E-state index is 0.135. The quantitative estimate of drug-likeness (QED) is 0.380. The summed E-state index contributed by atoms with van der Waals surface area (Å²) in [7, 11) is 0. The molecule has 0 aliphatic heterocycles. The maximum atomic E-state index is 10.2. The van der Waals surface area contributed by atoms with Gasteiger partial charge < -0.3 is 5.11 Å². The third-order valence-corrected chi connectivity index (χ3v) is 4.18. The number of para-hydroxylation sites is 1. The molecule has 104 valence electrons. The number of aromatic hydroxyl groups is 1. The van der Waals surface area contributed by atoms with Gasteiger partial charge in [0.15, 0.2) is 3.95 Å². The maximum Gasteiger partial charge on any atom is 0.212 e. The summed E-state index contributed by atoms with van der Waals surface area (Å²) in [5.41, 5.74) is 4.53. The number of rotatable bonds is 5. The van der Waals surface area contributed by atoms with Crippen molar-refractivity contribution in [2.75, 3.05) is 5.43 Å². The predicted molar refractivity (Wildman–Crippen MR) is 87.3 cm³/mol. The van der Waals surface area contributed by atoms with Crippen LogP contribution in [0.2, 0.25) is 0 Å². The smallest absolute Gasteiger partial charge is 0.212 e. The first kappa shape index (κ1) is 14.5. The zero-order chi connectivity index (χ0) is 14.5. The van der Waals surface area contributed by atoms with Crippen LogP contribution >= 0.6 is 23.6 Å². The molecule has 1 aromatic carbocycles. The van der Waals surface area contributed by atoms with Gasteiger partial charge in [0, 0.05) is 6.54 Å². The third kappa shape index (κ3) is 3.15. The number of nitrogens with one attached hydrogen (secondary N) is 1. The van der Waals surface area contributed by atoms with Crippen molar-refractivity contribution in [1.82, 2.24) is 4.57 Å². The highest BCUT2D eigenvalue weighted by atomic mass is 32.1. The number of hydrogen-bond acceptors (Lipinski definition) is 5. The molecule has 20 heavy (non-hydrogen) atoms. The molecule has 0 fully saturated rings. The number of thiazole rings is 1. The van der Waals surface area contributed by atoms with Gasteiger partial charge in [0.1, 0.15) is 4.88 Å². The Labute approximate surface area is 126 Å². The summed E-state index contributed by atoms with van der Waals surface area (Å²) in [5.74, 6) is 0.135. The average Bonchev–Trinajstić information content (AvgIpc) is 2.74. The number of aromatic nitrogens is 1. The molecule has 0 aliphatic rings. The Bertz CT molecular complexity index is 686. The fraction of sp³-hybridized carbons (Fsp3) is 0.143. The zero-order valence-electron chi connectivity index (χ0n) is 11.0. The Morgan fingerprint density at radius 3 is 2.85 bits per heavy atom. The minimum Gasteiger partial charge on any atom is -0.493 e. The summed E-state index contributed by atoms with van der Waals surface area (Å²) in [6, 6.07) is 9.63. The van der Waals surface area contributed by atoms with Gasteiger partial charge in [0.05, 0.1) is 11.4 Å². The molecule has 4 nitrogen and oxygen atoms in total. The molecule has 1 heterocycles. The molecule has 1 aromatic heterocycles. The van der Waals surface area contributed by atoms with Crippen molar-refractivity contribution in [3.63, 3.8) is 0 Å². The van der Waals surface area contributed by atoms with Crippen LogP contribution in [0.25, 0.3) is 0 Å². The van der Waals surface area contributed by atoms with Crippen LogP contribution in [0.4, 0.5) is 5.69 Å². The van der Waals surface area contributed by atoms with Gasteiger partial charge >= 0.3 is 0 Å². The van der Waals surface area contributed by atoms with E-state index in [1.165, 1.54) is 11.3 Å². The van der Waals surface area contributed by atoms with E-state index >= 15 is 0 Å². The fourth-order valence-corrected chi connectivity index (χ4v) is 2.89. The Hall–Kier alpha value is -1.92. The molecule has 2 aromatic rings. The molecule has 0 bridgehead atoms. The molecule has 0 amide bonds. The van der Waals surface area contributed by atoms with E-state index in [0.717, 1.165) is 5.69 Å². The van der Waals surface area contributed by atoms with E-state index in [0.29, 0.717) is 21.1 Å². The molecule has 2 rings (SSSR count). The van der Waals surface area contributed by atoms with Crippen LogP contribution in [0.15, 0.2) is 48.1 Å². The lowest BCUT2D eigenvalue weighted by Gasteiger charge is -2.03. The predicted octanol–water partition coefficient (Wildman–Crippen LogP) is 4.01. The fourth-order valence-electron chi connectivity index (χ4n) is 1.63. The number of anilines is 1. The first-order valence-electron chi connectivity index (χ1n) is 6.02. The maximum absolute atomic E-state index is 10.2. The van der Waals surface area contributed by atoms with Gasteiger partial charge in [-0.1, -0.05) is 35.6 Å². The van der Waals surface area contributed by atoms with E-state index in [2.05, 4.69) is 17.1 Å². The highest BCUT2D eigenvalue weighted by molar-refractivity contribution is 7.73. The monoisotopic (exact) mass is 305 g/mol. The number of hydrazone groups is 1. The van der Waals surface area contributed by atoms with Crippen molar-refractivity contribution >= 4 is 35.0 Å². The van der Waals surface area contributed by atoms with Gasteiger partial charge in [0.25, 0.3) is 0 Å². The lowest BCUT2D eigenvalue weighted by atomic mass is 10.3. The molecule has 0 spiro atoms. The molecule has 0 saturated heterocycles. The van der Waals surface area contributed by atoms with Crippen molar-refractivity contribution in [3.05, 3.63) is 51.8 Å². The van der Waals surface area contributed by atoms with Gasteiger partial charge in [-0.3, -0.25) is 9.99 Å². The van der Waals surface area contributed by atoms with Gasteiger partial charge in [-0.25, -0.2) is 0 Å². The second-order valence-corrected chi connectivity index (χ2v) is 5.74. The molecule has 0 saturated carbocycles. The van der Waals surface area contributed by atoms with E-state index in [4.69, 9.17) is 12.2 Å². The first-order valence-corrected chi connectivity index (χ1v) is 7.25. The minimum absolute atomic E-state index is 0.135. The summed E-state index contributed by atoms with van der Waals surface area (Å²) in [6.07, 6.45) is 1.70. The van der Waals surface area contributed by atoms with Crippen LogP contribution in [-0.4, -0.2) is 15.4 Å². The summed E-state index contributed by atoms with van der Waals surface area (Å²) >= 11 is 6.55. The van der Waals surface area contributed by atoms with Crippen LogP contribution < -0.4 is 5.43 Å². The number of hydrogen-bond donors (Lipinski definition) is 2. The number of benzene rings is 1. The number of allylic oxidation sites excluding steroid dienone is 1. The van der Waals surface area contributed by atoms with Crippen molar-refractivity contribution in [2.45, 2.75) is 13.5 Å². The van der Waals surface area contributed by atoms with E-state index in [-0.39, 0.29) is 5.88 Å². The average molecular weight is 305 g/mol. The SMILES string of the molecule is C=CCn1c(O)c(/C(C)=N/Nc2ccccc2)sc1=S. The normalized spacial score (nSPS) is 11.3.